The van der Waals surface area contributed by atoms with Crippen LogP contribution in [-0.4, -0.2) is 142 Å². The molecule has 0 fully saturated rings. The summed E-state index contributed by atoms with van der Waals surface area (Å²) in [5, 5.41) is 14.5. The maximum atomic E-state index is 12.8. The fourth-order valence-electron chi connectivity index (χ4n) is 8.73. The SMILES string of the molecule is CN(C)Cc1ccc2cccc(NS(=O)(=O)c3ccccc3C#N)c2n1.CN(C)Cc1ccc2cccc(NS(=O)(=O)c3cccs3)c2n1.CN(C)Cc1ccc2cccc(NS(C)(=O)=O)c2n1.CN(C)Cc1ccc2cccc(NS(C)(=O)=O)c2n1. The number of pyridine rings is 4. The molecule has 0 atom stereocenters. The third-order valence-electron chi connectivity index (χ3n) is 12.2. The van der Waals surface area contributed by atoms with Crippen LogP contribution in [0.25, 0.3) is 43.6 Å². The fraction of sp³-hybridized carbons (Fsp3) is 0.230. The quantitative estimate of drug-likeness (QED) is 0.0622. The first-order chi connectivity index (χ1) is 41.1. The molecule has 0 amide bonds. The molecule has 10 rings (SSSR count). The van der Waals surface area contributed by atoms with Crippen LogP contribution in [0.15, 0.2) is 172 Å². The molecule has 0 bridgehead atoms. The van der Waals surface area contributed by atoms with Crippen LogP contribution in [0.2, 0.25) is 0 Å². The van der Waals surface area contributed by atoms with E-state index in [0.717, 1.165) is 56.8 Å². The summed E-state index contributed by atoms with van der Waals surface area (Å²) in [7, 11) is 1.59. The molecule has 0 spiro atoms. The molecule has 5 heterocycles. The average molecular weight is 1270 g/mol. The Hall–Kier alpha value is -8.23. The van der Waals surface area contributed by atoms with Crippen LogP contribution in [-0.2, 0) is 66.3 Å². The van der Waals surface area contributed by atoms with Crippen LogP contribution in [0.3, 0.4) is 0 Å². The Balaban J connectivity index is 0.000000167. The lowest BCUT2D eigenvalue weighted by Crippen LogP contribution is -2.15. The van der Waals surface area contributed by atoms with Crippen molar-refractivity contribution in [2.24, 2.45) is 0 Å². The first kappa shape index (κ1) is 66.3. The standard InChI is InChI=1S/C19H18N4O2S.C16H17N3O2S2.2C13H17N3O2S/c1-23(2)13-16-11-10-14-7-5-8-17(19(14)21-16)22-26(24,25)18-9-4-3-6-15(18)12-20;1-19(2)11-13-9-8-12-5-3-6-14(16(12)17-13)18-23(20,21)15-7-4-10-22-15;2*1-16(2)9-11-8-7-10-5-4-6-12(13(10)14-11)15-19(3,17)18/h3-11,22H,13H2,1-2H3;3-10,18H,11H2,1-2H3;2*4-8,15H,9H2,1-3H3. The molecule has 456 valence electrons. The second-order valence-electron chi connectivity index (χ2n) is 21.2. The summed E-state index contributed by atoms with van der Waals surface area (Å²) < 4.78 is 106. The molecular formula is C61H69N13O8S5. The smallest absolute Gasteiger partial charge is 0.271 e. The van der Waals surface area contributed by atoms with E-state index < -0.39 is 40.1 Å². The van der Waals surface area contributed by atoms with Crippen LogP contribution in [0.4, 0.5) is 22.7 Å². The van der Waals surface area contributed by atoms with Crippen molar-refractivity contribution in [3.05, 3.63) is 191 Å². The first-order valence-corrected chi connectivity index (χ1v) is 34.4. The number of hydrogen-bond donors (Lipinski definition) is 4. The second-order valence-corrected chi connectivity index (χ2v) is 29.2. The van der Waals surface area contributed by atoms with Crippen LogP contribution in [0.5, 0.6) is 0 Å². The number of benzene rings is 5. The normalized spacial score (nSPS) is 11.8. The minimum Gasteiger partial charge on any atom is -0.304 e. The lowest BCUT2D eigenvalue weighted by Gasteiger charge is -2.13. The molecule has 0 saturated heterocycles. The molecule has 5 aromatic carbocycles. The number of nitrogens with zero attached hydrogens (tertiary/aromatic N) is 9. The Kier molecular flexibility index (Phi) is 22.1. The zero-order valence-corrected chi connectivity index (χ0v) is 53.8. The topological polar surface area (TPSA) is 273 Å². The van der Waals surface area contributed by atoms with Crippen LogP contribution < -0.4 is 18.9 Å². The van der Waals surface area contributed by atoms with Crippen LogP contribution in [0, 0.1) is 11.3 Å². The molecule has 0 aliphatic heterocycles. The fourth-order valence-corrected chi connectivity index (χ4v) is 13.1. The van der Waals surface area contributed by atoms with Gasteiger partial charge in [-0.3, -0.25) is 18.9 Å². The zero-order chi connectivity index (χ0) is 63.3. The number of thiophene rings is 1. The summed E-state index contributed by atoms with van der Waals surface area (Å²) >= 11 is 1.19. The summed E-state index contributed by atoms with van der Waals surface area (Å²) in [6.07, 6.45) is 2.27. The van der Waals surface area contributed by atoms with E-state index >= 15 is 0 Å². The number of hydrogen-bond acceptors (Lipinski definition) is 18. The van der Waals surface area contributed by atoms with Gasteiger partial charge >= 0.3 is 0 Å². The highest BCUT2D eigenvalue weighted by molar-refractivity contribution is 7.94. The van der Waals surface area contributed by atoms with Crippen molar-refractivity contribution in [2.75, 3.05) is 87.8 Å². The van der Waals surface area contributed by atoms with E-state index in [1.807, 2.05) is 173 Å². The minimum absolute atomic E-state index is 0.0519. The molecule has 0 saturated carbocycles. The van der Waals surface area contributed by atoms with Crippen molar-refractivity contribution < 1.29 is 33.7 Å². The summed E-state index contributed by atoms with van der Waals surface area (Å²) in [6.45, 7) is 2.77. The molecule has 87 heavy (non-hydrogen) atoms. The van der Waals surface area contributed by atoms with Gasteiger partial charge in [0.1, 0.15) is 15.2 Å². The third kappa shape index (κ3) is 19.4. The van der Waals surface area contributed by atoms with E-state index in [1.54, 1.807) is 60.0 Å². The van der Waals surface area contributed by atoms with Gasteiger partial charge in [-0.2, -0.15) is 5.26 Å². The summed E-state index contributed by atoms with van der Waals surface area (Å²) in [5.74, 6) is 0. The monoisotopic (exact) mass is 1270 g/mol. The lowest BCUT2D eigenvalue weighted by atomic mass is 10.2. The predicted octanol–water partition coefficient (Wildman–Crippen LogP) is 9.46. The van der Waals surface area contributed by atoms with Crippen molar-refractivity contribution in [2.45, 2.75) is 35.3 Å². The number of nitrogens with one attached hydrogen (secondary N) is 4. The summed E-state index contributed by atoms with van der Waals surface area (Å²) in [6, 6.07) is 48.6. The van der Waals surface area contributed by atoms with Crippen LogP contribution in [0.1, 0.15) is 28.3 Å². The van der Waals surface area contributed by atoms with Gasteiger partial charge in [0.05, 0.1) is 85.7 Å². The highest BCUT2D eigenvalue weighted by atomic mass is 32.2. The maximum Gasteiger partial charge on any atom is 0.271 e. The Bertz CT molecular complexity index is 4440. The van der Waals surface area contributed by atoms with Gasteiger partial charge < -0.3 is 19.6 Å². The van der Waals surface area contributed by atoms with E-state index in [2.05, 4.69) is 38.8 Å². The Morgan fingerprint density at radius 2 is 0.713 bits per heavy atom. The van der Waals surface area contributed by atoms with Crippen molar-refractivity contribution >= 4 is 118 Å². The second kappa shape index (κ2) is 29.0. The predicted molar refractivity (Wildman–Crippen MR) is 351 cm³/mol. The summed E-state index contributed by atoms with van der Waals surface area (Å²) in [4.78, 5) is 26.3. The Morgan fingerprint density at radius 1 is 0.391 bits per heavy atom. The van der Waals surface area contributed by atoms with E-state index in [1.165, 1.54) is 23.5 Å². The lowest BCUT2D eigenvalue weighted by molar-refractivity contribution is 0.397. The number of fused-ring (bicyclic) bond motifs is 4. The number of rotatable bonds is 18. The van der Waals surface area contributed by atoms with E-state index in [9.17, 15) is 38.9 Å². The zero-order valence-electron chi connectivity index (χ0n) is 49.7. The van der Waals surface area contributed by atoms with Gasteiger partial charge in [0.15, 0.2) is 0 Å². The number of para-hydroxylation sites is 4. The van der Waals surface area contributed by atoms with Gasteiger partial charge in [0.2, 0.25) is 20.0 Å². The van der Waals surface area contributed by atoms with Gasteiger partial charge in [0, 0.05) is 47.7 Å². The number of anilines is 4. The molecule has 0 radical (unpaired) electrons. The van der Waals surface area contributed by atoms with Gasteiger partial charge in [-0.25, -0.2) is 53.6 Å². The number of sulfonamides is 4. The molecule has 0 aliphatic rings. The van der Waals surface area contributed by atoms with Gasteiger partial charge in [-0.15, -0.1) is 11.3 Å². The minimum atomic E-state index is -3.91. The highest BCUT2D eigenvalue weighted by Crippen LogP contribution is 2.29. The molecule has 21 nitrogen and oxygen atoms in total. The number of aromatic nitrogens is 4. The first-order valence-electron chi connectivity index (χ1n) is 26.7. The van der Waals surface area contributed by atoms with E-state index in [4.69, 9.17) is 0 Å². The van der Waals surface area contributed by atoms with Gasteiger partial charge in [-0.1, -0.05) is 91.0 Å². The van der Waals surface area contributed by atoms with Gasteiger partial charge in [0.25, 0.3) is 20.0 Å². The molecule has 26 heteroatoms. The molecule has 0 aliphatic carbocycles. The third-order valence-corrected chi connectivity index (χ3v) is 17.5. The van der Waals surface area contributed by atoms with Crippen molar-refractivity contribution in [3.63, 3.8) is 0 Å². The molecule has 4 N–H and O–H groups in total. The largest absolute Gasteiger partial charge is 0.304 e. The Morgan fingerprint density at radius 3 is 1.01 bits per heavy atom. The maximum absolute atomic E-state index is 12.8. The molecule has 0 unspecified atom stereocenters. The molecular weight excluding hydrogens is 1200 g/mol. The van der Waals surface area contributed by atoms with Crippen LogP contribution >= 0.6 is 11.3 Å². The van der Waals surface area contributed by atoms with Crippen molar-refractivity contribution in [1.82, 2.24) is 39.5 Å². The number of nitriles is 1. The van der Waals surface area contributed by atoms with E-state index in [-0.39, 0.29) is 10.5 Å². The highest BCUT2D eigenvalue weighted by Gasteiger charge is 2.21. The van der Waals surface area contributed by atoms with Crippen molar-refractivity contribution in [1.29, 1.82) is 5.26 Å². The van der Waals surface area contributed by atoms with Gasteiger partial charge in [-0.05, 0) is 128 Å². The average Bonchev–Trinajstić information content (AvgIpc) is 1.63. The Labute approximate surface area is 513 Å². The molecule has 10 aromatic rings. The van der Waals surface area contributed by atoms with Crippen molar-refractivity contribution in [3.8, 4) is 6.07 Å². The molecule has 5 aromatic heterocycles. The van der Waals surface area contributed by atoms with E-state index in [0.29, 0.717) is 75.2 Å². The summed E-state index contributed by atoms with van der Waals surface area (Å²) in [5.41, 5.74) is 8.13.